The fourth-order valence-corrected chi connectivity index (χ4v) is 2.84. The number of carbonyl (C=O) groups excluding carboxylic acids is 1. The first kappa shape index (κ1) is 21.4. The first-order chi connectivity index (χ1) is 13.9. The lowest BCUT2D eigenvalue weighted by Crippen LogP contribution is -2.27. The standard InChI is InChI=1S/C22H21F3N2O3/c1-13-18(27-19(29-13)14-8-6-5-7-9-14)16-11-10-15(12-17(16)22(23,24)25)26-20(28)30-21(2,3)4/h5-12H,1-4H3,(H,26,28). The number of hydrogen-bond donors (Lipinski definition) is 1. The molecule has 0 unspecified atom stereocenters. The zero-order chi connectivity index (χ0) is 22.1. The number of hydrogen-bond acceptors (Lipinski definition) is 4. The van der Waals surface area contributed by atoms with E-state index in [1.54, 1.807) is 52.0 Å². The maximum absolute atomic E-state index is 13.8. The number of halogens is 3. The van der Waals surface area contributed by atoms with Crippen molar-refractivity contribution in [2.24, 2.45) is 0 Å². The van der Waals surface area contributed by atoms with E-state index in [2.05, 4.69) is 10.3 Å². The lowest BCUT2D eigenvalue weighted by molar-refractivity contribution is -0.137. The van der Waals surface area contributed by atoms with Crippen LogP contribution in [0.4, 0.5) is 23.7 Å². The average molecular weight is 418 g/mol. The van der Waals surface area contributed by atoms with Gasteiger partial charge in [0.1, 0.15) is 17.1 Å². The molecule has 0 fully saturated rings. The number of nitrogens with one attached hydrogen (secondary N) is 1. The van der Waals surface area contributed by atoms with Gasteiger partial charge in [0.2, 0.25) is 5.89 Å². The Balaban J connectivity index is 2.00. The number of anilines is 1. The van der Waals surface area contributed by atoms with Crippen LogP contribution in [0.1, 0.15) is 32.1 Å². The first-order valence-corrected chi connectivity index (χ1v) is 9.18. The number of oxazole rings is 1. The highest BCUT2D eigenvalue weighted by Gasteiger charge is 2.35. The Morgan fingerprint density at radius 3 is 2.33 bits per heavy atom. The Bertz CT molecular complexity index is 1050. The number of ether oxygens (including phenoxy) is 1. The van der Waals surface area contributed by atoms with E-state index in [1.165, 1.54) is 12.1 Å². The molecule has 3 aromatic rings. The van der Waals surface area contributed by atoms with Crippen LogP contribution in [0.2, 0.25) is 0 Å². The third-order valence-electron chi connectivity index (χ3n) is 4.04. The fraction of sp³-hybridized carbons (Fsp3) is 0.273. The predicted octanol–water partition coefficient (Wildman–Crippen LogP) is 6.68. The summed E-state index contributed by atoms with van der Waals surface area (Å²) in [6.07, 6.45) is -5.51. The van der Waals surface area contributed by atoms with Crippen molar-refractivity contribution < 1.29 is 27.1 Å². The van der Waals surface area contributed by atoms with E-state index in [0.29, 0.717) is 5.56 Å². The quantitative estimate of drug-likeness (QED) is 0.515. The summed E-state index contributed by atoms with van der Waals surface area (Å²) >= 11 is 0. The van der Waals surface area contributed by atoms with E-state index in [9.17, 15) is 18.0 Å². The number of carbonyl (C=O) groups is 1. The monoisotopic (exact) mass is 418 g/mol. The largest absolute Gasteiger partial charge is 0.444 e. The molecule has 5 nitrogen and oxygen atoms in total. The minimum absolute atomic E-state index is 0.0373. The molecule has 0 saturated carbocycles. The third-order valence-corrected chi connectivity index (χ3v) is 4.04. The van der Waals surface area contributed by atoms with Gasteiger partial charge in [0, 0.05) is 16.8 Å². The highest BCUT2D eigenvalue weighted by molar-refractivity contribution is 5.86. The molecule has 1 aromatic heterocycles. The molecule has 0 bridgehead atoms. The number of rotatable bonds is 3. The van der Waals surface area contributed by atoms with E-state index < -0.39 is 23.4 Å². The van der Waals surface area contributed by atoms with Gasteiger partial charge in [0.05, 0.1) is 5.56 Å². The minimum Gasteiger partial charge on any atom is -0.444 e. The number of benzene rings is 2. The second kappa shape index (κ2) is 7.85. The highest BCUT2D eigenvalue weighted by Crippen LogP contribution is 2.40. The van der Waals surface area contributed by atoms with Crippen molar-refractivity contribution in [3.8, 4) is 22.7 Å². The molecule has 0 aliphatic carbocycles. The molecular formula is C22H21F3N2O3. The van der Waals surface area contributed by atoms with Crippen molar-refractivity contribution in [3.63, 3.8) is 0 Å². The molecule has 0 atom stereocenters. The Hall–Kier alpha value is -3.29. The summed E-state index contributed by atoms with van der Waals surface area (Å²) in [6.45, 7) is 6.54. The van der Waals surface area contributed by atoms with Crippen LogP contribution in [0.25, 0.3) is 22.7 Å². The molecule has 158 valence electrons. The maximum Gasteiger partial charge on any atom is 0.417 e. The fourth-order valence-electron chi connectivity index (χ4n) is 2.84. The molecule has 3 rings (SSSR count). The van der Waals surface area contributed by atoms with Crippen LogP contribution < -0.4 is 5.32 Å². The molecule has 0 aliphatic rings. The molecule has 2 aromatic carbocycles. The van der Waals surface area contributed by atoms with Crippen LogP contribution >= 0.6 is 0 Å². The van der Waals surface area contributed by atoms with Crippen LogP contribution in [0.3, 0.4) is 0 Å². The van der Waals surface area contributed by atoms with Crippen LogP contribution in [0.15, 0.2) is 52.9 Å². The predicted molar refractivity (Wildman–Crippen MR) is 107 cm³/mol. The summed E-state index contributed by atoms with van der Waals surface area (Å²) in [5, 5.41) is 2.33. The lowest BCUT2D eigenvalue weighted by Gasteiger charge is -2.20. The van der Waals surface area contributed by atoms with Gasteiger partial charge in [-0.3, -0.25) is 5.32 Å². The van der Waals surface area contributed by atoms with Crippen LogP contribution in [-0.4, -0.2) is 16.7 Å². The van der Waals surface area contributed by atoms with Gasteiger partial charge in [0.25, 0.3) is 0 Å². The molecule has 1 N–H and O–H groups in total. The van der Waals surface area contributed by atoms with E-state index in [0.717, 1.165) is 6.07 Å². The second-order valence-electron chi connectivity index (χ2n) is 7.67. The van der Waals surface area contributed by atoms with E-state index in [4.69, 9.17) is 9.15 Å². The number of aryl methyl sites for hydroxylation is 1. The minimum atomic E-state index is -4.67. The Kier molecular flexibility index (Phi) is 5.61. The van der Waals surface area contributed by atoms with Crippen molar-refractivity contribution in [2.75, 3.05) is 5.32 Å². The summed E-state index contributed by atoms with van der Waals surface area (Å²) in [5.74, 6) is 0.486. The second-order valence-corrected chi connectivity index (χ2v) is 7.67. The van der Waals surface area contributed by atoms with Crippen molar-refractivity contribution in [3.05, 3.63) is 59.9 Å². The Morgan fingerprint density at radius 2 is 1.73 bits per heavy atom. The van der Waals surface area contributed by atoms with Gasteiger partial charge in [-0.15, -0.1) is 0 Å². The zero-order valence-electron chi connectivity index (χ0n) is 16.9. The summed E-state index contributed by atoms with van der Waals surface area (Å²) in [7, 11) is 0. The highest BCUT2D eigenvalue weighted by atomic mass is 19.4. The summed E-state index contributed by atoms with van der Waals surface area (Å²) in [6, 6.07) is 12.4. The molecule has 0 aliphatic heterocycles. The van der Waals surface area contributed by atoms with Crippen molar-refractivity contribution in [2.45, 2.75) is 39.5 Å². The molecule has 8 heteroatoms. The summed E-state index contributed by atoms with van der Waals surface area (Å²) in [4.78, 5) is 16.2. The molecule has 1 amide bonds. The van der Waals surface area contributed by atoms with Crippen LogP contribution in [0.5, 0.6) is 0 Å². The number of alkyl halides is 3. The summed E-state index contributed by atoms with van der Waals surface area (Å²) in [5.41, 5.74) is -1.14. The van der Waals surface area contributed by atoms with Crippen molar-refractivity contribution in [1.29, 1.82) is 0 Å². The van der Waals surface area contributed by atoms with Gasteiger partial charge in [-0.1, -0.05) is 24.3 Å². The molecule has 30 heavy (non-hydrogen) atoms. The smallest absolute Gasteiger partial charge is 0.417 e. The van der Waals surface area contributed by atoms with E-state index in [-0.39, 0.29) is 28.6 Å². The topological polar surface area (TPSA) is 64.4 Å². The normalized spacial score (nSPS) is 12.0. The van der Waals surface area contributed by atoms with Gasteiger partial charge in [0.15, 0.2) is 0 Å². The molecule has 1 heterocycles. The van der Waals surface area contributed by atoms with Crippen molar-refractivity contribution >= 4 is 11.8 Å². The Labute approximate surface area is 171 Å². The number of nitrogens with zero attached hydrogens (tertiary/aromatic N) is 1. The first-order valence-electron chi connectivity index (χ1n) is 9.18. The molecular weight excluding hydrogens is 397 g/mol. The van der Waals surface area contributed by atoms with Gasteiger partial charge in [-0.05, 0) is 52.0 Å². The van der Waals surface area contributed by atoms with E-state index >= 15 is 0 Å². The maximum atomic E-state index is 13.8. The van der Waals surface area contributed by atoms with Crippen LogP contribution in [0, 0.1) is 6.92 Å². The average Bonchev–Trinajstić information content (AvgIpc) is 3.02. The SMILES string of the molecule is Cc1oc(-c2ccccc2)nc1-c1ccc(NC(=O)OC(C)(C)C)cc1C(F)(F)F. The third kappa shape index (κ3) is 5.00. The number of amides is 1. The molecule has 0 saturated heterocycles. The van der Waals surface area contributed by atoms with Gasteiger partial charge in [-0.2, -0.15) is 13.2 Å². The lowest BCUT2D eigenvalue weighted by atomic mass is 10.0. The van der Waals surface area contributed by atoms with Gasteiger partial charge >= 0.3 is 12.3 Å². The number of aromatic nitrogens is 1. The molecule has 0 spiro atoms. The zero-order valence-corrected chi connectivity index (χ0v) is 16.9. The van der Waals surface area contributed by atoms with Gasteiger partial charge < -0.3 is 9.15 Å². The van der Waals surface area contributed by atoms with Crippen LogP contribution in [-0.2, 0) is 10.9 Å². The Morgan fingerprint density at radius 1 is 1.07 bits per heavy atom. The molecule has 0 radical (unpaired) electrons. The van der Waals surface area contributed by atoms with Crippen molar-refractivity contribution in [1.82, 2.24) is 4.98 Å². The van der Waals surface area contributed by atoms with E-state index in [1.807, 2.05) is 6.07 Å². The summed E-state index contributed by atoms with van der Waals surface area (Å²) < 4.78 is 52.0. The van der Waals surface area contributed by atoms with Gasteiger partial charge in [-0.25, -0.2) is 9.78 Å².